The smallest absolute Gasteiger partial charge is 0.234 e. The SMILES string of the molecule is CC(=O)NSc1nnnn1-c1ccccc1. The molecule has 2 aromatic rings. The molecule has 0 fully saturated rings. The number of tetrazole rings is 1. The van der Waals surface area contributed by atoms with Gasteiger partial charge in [-0.3, -0.25) is 9.52 Å². The molecular weight excluding hydrogens is 226 g/mol. The molecule has 1 amide bonds. The summed E-state index contributed by atoms with van der Waals surface area (Å²) in [5, 5.41) is 11.7. The van der Waals surface area contributed by atoms with Gasteiger partial charge in [0.2, 0.25) is 11.1 Å². The van der Waals surface area contributed by atoms with Crippen molar-refractivity contribution in [1.82, 2.24) is 24.9 Å². The Kier molecular flexibility index (Phi) is 3.16. The van der Waals surface area contributed by atoms with Crippen molar-refractivity contribution in [1.29, 1.82) is 0 Å². The fourth-order valence-corrected chi connectivity index (χ4v) is 1.63. The van der Waals surface area contributed by atoms with Gasteiger partial charge < -0.3 is 0 Å². The summed E-state index contributed by atoms with van der Waals surface area (Å²) in [6, 6.07) is 9.46. The quantitative estimate of drug-likeness (QED) is 0.797. The third-order valence-corrected chi connectivity index (χ3v) is 2.55. The van der Waals surface area contributed by atoms with Gasteiger partial charge >= 0.3 is 0 Å². The number of carbonyl (C=O) groups is 1. The van der Waals surface area contributed by atoms with E-state index in [0.29, 0.717) is 5.16 Å². The minimum Gasteiger partial charge on any atom is -0.294 e. The Morgan fingerprint density at radius 2 is 2.12 bits per heavy atom. The number of aromatic nitrogens is 4. The fourth-order valence-electron chi connectivity index (χ4n) is 1.09. The number of hydrogen-bond donors (Lipinski definition) is 1. The van der Waals surface area contributed by atoms with Gasteiger partial charge in [0, 0.05) is 18.9 Å². The van der Waals surface area contributed by atoms with Crippen LogP contribution in [0.15, 0.2) is 35.5 Å². The molecule has 0 aliphatic carbocycles. The average molecular weight is 235 g/mol. The van der Waals surface area contributed by atoms with Crippen LogP contribution in [-0.4, -0.2) is 26.1 Å². The van der Waals surface area contributed by atoms with E-state index in [2.05, 4.69) is 20.2 Å². The zero-order valence-electron chi connectivity index (χ0n) is 8.49. The normalized spacial score (nSPS) is 10.1. The van der Waals surface area contributed by atoms with Crippen molar-refractivity contribution < 1.29 is 4.79 Å². The van der Waals surface area contributed by atoms with Gasteiger partial charge in [-0.25, -0.2) is 0 Å². The second-order valence-corrected chi connectivity index (χ2v) is 3.74. The first-order valence-electron chi connectivity index (χ1n) is 4.54. The lowest BCUT2D eigenvalue weighted by atomic mass is 10.3. The molecule has 0 bridgehead atoms. The number of nitrogens with one attached hydrogen (secondary N) is 1. The highest BCUT2D eigenvalue weighted by Crippen LogP contribution is 2.14. The van der Waals surface area contributed by atoms with Gasteiger partial charge in [0.25, 0.3) is 0 Å². The van der Waals surface area contributed by atoms with Gasteiger partial charge in [-0.15, -0.1) is 0 Å². The van der Waals surface area contributed by atoms with E-state index in [0.717, 1.165) is 17.6 Å². The van der Waals surface area contributed by atoms with Gasteiger partial charge in [-0.05, 0) is 22.6 Å². The van der Waals surface area contributed by atoms with Crippen molar-refractivity contribution in [2.75, 3.05) is 0 Å². The molecule has 16 heavy (non-hydrogen) atoms. The maximum absolute atomic E-state index is 10.8. The van der Waals surface area contributed by atoms with E-state index in [1.165, 1.54) is 6.92 Å². The number of rotatable bonds is 3. The molecular formula is C9H9N5OS. The molecule has 1 heterocycles. The number of nitrogens with zero attached hydrogens (tertiary/aromatic N) is 4. The van der Waals surface area contributed by atoms with Crippen molar-refractivity contribution >= 4 is 17.9 Å². The highest BCUT2D eigenvalue weighted by molar-refractivity contribution is 7.97. The summed E-state index contributed by atoms with van der Waals surface area (Å²) < 4.78 is 4.13. The largest absolute Gasteiger partial charge is 0.294 e. The van der Waals surface area contributed by atoms with Gasteiger partial charge in [0.1, 0.15) is 0 Å². The Labute approximate surface area is 96.2 Å². The van der Waals surface area contributed by atoms with Gasteiger partial charge in [-0.2, -0.15) is 4.68 Å². The molecule has 0 saturated carbocycles. The number of carbonyl (C=O) groups excluding carboxylic acids is 1. The van der Waals surface area contributed by atoms with Crippen molar-refractivity contribution in [3.05, 3.63) is 30.3 Å². The lowest BCUT2D eigenvalue weighted by molar-refractivity contribution is -0.117. The minimum atomic E-state index is -0.146. The second-order valence-electron chi connectivity index (χ2n) is 2.97. The molecule has 2 rings (SSSR count). The average Bonchev–Trinajstić information content (AvgIpc) is 2.75. The van der Waals surface area contributed by atoms with Crippen LogP contribution in [0.4, 0.5) is 0 Å². The van der Waals surface area contributed by atoms with E-state index in [9.17, 15) is 4.79 Å². The Morgan fingerprint density at radius 3 is 2.81 bits per heavy atom. The van der Waals surface area contributed by atoms with E-state index < -0.39 is 0 Å². The summed E-state index contributed by atoms with van der Waals surface area (Å²) in [6.45, 7) is 1.43. The summed E-state index contributed by atoms with van der Waals surface area (Å²) in [6.07, 6.45) is 0. The molecule has 6 nitrogen and oxygen atoms in total. The van der Waals surface area contributed by atoms with E-state index in [4.69, 9.17) is 0 Å². The lowest BCUT2D eigenvalue weighted by Gasteiger charge is -2.02. The summed E-state index contributed by atoms with van der Waals surface area (Å²) in [5.41, 5.74) is 0.848. The van der Waals surface area contributed by atoms with Crippen LogP contribution in [0.25, 0.3) is 5.69 Å². The zero-order chi connectivity index (χ0) is 11.4. The third kappa shape index (κ3) is 2.37. The predicted octanol–water partition coefficient (Wildman–Crippen LogP) is 0.805. The van der Waals surface area contributed by atoms with E-state index >= 15 is 0 Å². The fraction of sp³-hybridized carbons (Fsp3) is 0.111. The monoisotopic (exact) mass is 235 g/mol. The Hall–Kier alpha value is -1.89. The van der Waals surface area contributed by atoms with Crippen LogP contribution in [-0.2, 0) is 4.79 Å². The van der Waals surface area contributed by atoms with Crippen LogP contribution in [0.2, 0.25) is 0 Å². The second kappa shape index (κ2) is 4.75. The van der Waals surface area contributed by atoms with Gasteiger partial charge in [0.05, 0.1) is 5.69 Å². The summed E-state index contributed by atoms with van der Waals surface area (Å²) >= 11 is 1.08. The van der Waals surface area contributed by atoms with Gasteiger partial charge in [-0.1, -0.05) is 23.3 Å². The lowest BCUT2D eigenvalue weighted by Crippen LogP contribution is -2.12. The number of amides is 1. The molecule has 0 unspecified atom stereocenters. The van der Waals surface area contributed by atoms with Crippen molar-refractivity contribution in [3.63, 3.8) is 0 Å². The highest BCUT2D eigenvalue weighted by atomic mass is 32.2. The molecule has 1 N–H and O–H groups in total. The Morgan fingerprint density at radius 1 is 1.38 bits per heavy atom. The van der Waals surface area contributed by atoms with Crippen molar-refractivity contribution in [2.45, 2.75) is 12.1 Å². The van der Waals surface area contributed by atoms with Crippen molar-refractivity contribution in [2.24, 2.45) is 0 Å². The molecule has 0 radical (unpaired) electrons. The molecule has 0 aliphatic rings. The molecule has 1 aromatic heterocycles. The molecule has 82 valence electrons. The van der Waals surface area contributed by atoms with Crippen LogP contribution in [0, 0.1) is 0 Å². The molecule has 0 spiro atoms. The number of hydrogen-bond acceptors (Lipinski definition) is 5. The standard InChI is InChI=1S/C9H9N5OS/c1-7(15)11-16-9-10-12-13-14(9)8-5-3-2-4-6-8/h2-6H,1H3,(H,11,15). The van der Waals surface area contributed by atoms with Gasteiger partial charge in [0.15, 0.2) is 0 Å². The van der Waals surface area contributed by atoms with Crippen LogP contribution in [0.5, 0.6) is 0 Å². The third-order valence-electron chi connectivity index (χ3n) is 1.73. The summed E-state index contributed by atoms with van der Waals surface area (Å²) in [5.74, 6) is -0.146. The van der Waals surface area contributed by atoms with Crippen LogP contribution < -0.4 is 4.72 Å². The first kappa shape index (κ1) is 10.6. The highest BCUT2D eigenvalue weighted by Gasteiger charge is 2.08. The predicted molar refractivity (Wildman–Crippen MR) is 58.8 cm³/mol. The molecule has 0 saturated heterocycles. The Bertz CT molecular complexity index is 484. The first-order chi connectivity index (χ1) is 7.77. The van der Waals surface area contributed by atoms with Crippen LogP contribution in [0.1, 0.15) is 6.92 Å². The van der Waals surface area contributed by atoms with E-state index in [-0.39, 0.29) is 5.91 Å². The van der Waals surface area contributed by atoms with E-state index in [1.54, 1.807) is 4.68 Å². The van der Waals surface area contributed by atoms with Crippen molar-refractivity contribution in [3.8, 4) is 5.69 Å². The molecule has 7 heteroatoms. The molecule has 0 aliphatic heterocycles. The molecule has 1 aromatic carbocycles. The number of benzene rings is 1. The first-order valence-corrected chi connectivity index (χ1v) is 5.36. The minimum absolute atomic E-state index is 0.146. The van der Waals surface area contributed by atoms with E-state index in [1.807, 2.05) is 30.3 Å². The summed E-state index contributed by atoms with van der Waals surface area (Å²) in [4.78, 5) is 10.8. The maximum Gasteiger partial charge on any atom is 0.234 e. The maximum atomic E-state index is 10.8. The van der Waals surface area contributed by atoms with Crippen LogP contribution >= 0.6 is 11.9 Å². The zero-order valence-corrected chi connectivity index (χ0v) is 9.31. The van der Waals surface area contributed by atoms with Crippen LogP contribution in [0.3, 0.4) is 0 Å². The number of para-hydroxylation sites is 1. The Balaban J connectivity index is 2.23. The summed E-state index contributed by atoms with van der Waals surface area (Å²) in [7, 11) is 0. The topological polar surface area (TPSA) is 72.7 Å². The molecule has 0 atom stereocenters.